The van der Waals surface area contributed by atoms with E-state index in [2.05, 4.69) is 0 Å². The fourth-order valence-corrected chi connectivity index (χ4v) is 1.68. The first-order valence-corrected chi connectivity index (χ1v) is 4.94. The molecule has 0 radical (unpaired) electrons. The Morgan fingerprint density at radius 1 is 1.62 bits per heavy atom. The van der Waals surface area contributed by atoms with Crippen LogP contribution in [0.15, 0.2) is 23.1 Å². The zero-order chi connectivity index (χ0) is 9.84. The molecule has 1 rings (SSSR count). The number of rotatable bonds is 3. The van der Waals surface area contributed by atoms with Crippen molar-refractivity contribution < 1.29 is 9.18 Å². The quantitative estimate of drug-likeness (QED) is 0.756. The zero-order valence-corrected chi connectivity index (χ0v) is 8.03. The molecule has 4 heteroatoms. The SMILES string of the molecule is CSc1cc(CF)ccc1C(N)=O. The Morgan fingerprint density at radius 2 is 2.31 bits per heavy atom. The molecule has 1 amide bonds. The second-order valence-corrected chi connectivity index (χ2v) is 3.38. The van der Waals surface area contributed by atoms with Crippen molar-refractivity contribution in [3.63, 3.8) is 0 Å². The summed E-state index contributed by atoms with van der Waals surface area (Å²) < 4.78 is 12.2. The van der Waals surface area contributed by atoms with Gasteiger partial charge in [-0.1, -0.05) is 6.07 Å². The molecule has 0 spiro atoms. The number of benzene rings is 1. The Labute approximate surface area is 80.3 Å². The monoisotopic (exact) mass is 199 g/mol. The molecule has 0 aliphatic heterocycles. The van der Waals surface area contributed by atoms with Gasteiger partial charge in [0.05, 0.1) is 5.56 Å². The summed E-state index contributed by atoms with van der Waals surface area (Å²) in [5.41, 5.74) is 6.15. The Kier molecular flexibility index (Phi) is 3.31. The topological polar surface area (TPSA) is 43.1 Å². The van der Waals surface area contributed by atoms with E-state index in [1.165, 1.54) is 11.8 Å². The summed E-state index contributed by atoms with van der Waals surface area (Å²) >= 11 is 1.39. The molecule has 0 saturated carbocycles. The number of hydrogen-bond donors (Lipinski definition) is 1. The maximum absolute atomic E-state index is 12.2. The minimum atomic E-state index is -0.521. The van der Waals surface area contributed by atoms with Crippen LogP contribution in [0.4, 0.5) is 4.39 Å². The lowest BCUT2D eigenvalue weighted by Gasteiger charge is -2.04. The van der Waals surface area contributed by atoms with E-state index in [9.17, 15) is 9.18 Å². The first-order valence-electron chi connectivity index (χ1n) is 3.71. The van der Waals surface area contributed by atoms with E-state index in [-0.39, 0.29) is 0 Å². The van der Waals surface area contributed by atoms with E-state index < -0.39 is 12.6 Å². The van der Waals surface area contributed by atoms with Crippen molar-refractivity contribution in [2.45, 2.75) is 11.6 Å². The molecule has 0 fully saturated rings. The van der Waals surface area contributed by atoms with Gasteiger partial charge in [0.2, 0.25) is 5.91 Å². The van der Waals surface area contributed by atoms with Gasteiger partial charge in [-0.05, 0) is 24.0 Å². The van der Waals surface area contributed by atoms with E-state index in [4.69, 9.17) is 5.73 Å². The number of amides is 1. The van der Waals surface area contributed by atoms with Crippen LogP contribution in [-0.4, -0.2) is 12.2 Å². The van der Waals surface area contributed by atoms with Crippen LogP contribution in [-0.2, 0) is 6.67 Å². The second kappa shape index (κ2) is 4.28. The van der Waals surface area contributed by atoms with Gasteiger partial charge in [-0.15, -0.1) is 11.8 Å². The highest BCUT2D eigenvalue weighted by atomic mass is 32.2. The fraction of sp³-hybridized carbons (Fsp3) is 0.222. The predicted molar refractivity (Wildman–Crippen MR) is 51.6 cm³/mol. The third kappa shape index (κ3) is 2.21. The van der Waals surface area contributed by atoms with Crippen LogP contribution < -0.4 is 5.73 Å². The molecule has 0 aliphatic rings. The summed E-state index contributed by atoms with van der Waals surface area (Å²) in [7, 11) is 0. The minimum absolute atomic E-state index is 0.449. The van der Waals surface area contributed by atoms with Crippen LogP contribution in [0.5, 0.6) is 0 Å². The molecule has 13 heavy (non-hydrogen) atoms. The van der Waals surface area contributed by atoms with Crippen molar-refractivity contribution in [2.75, 3.05) is 6.26 Å². The van der Waals surface area contributed by atoms with E-state index in [0.717, 1.165) is 4.90 Å². The number of thioether (sulfide) groups is 1. The molecule has 0 heterocycles. The second-order valence-electron chi connectivity index (χ2n) is 2.53. The fourth-order valence-electron chi connectivity index (χ4n) is 1.02. The standard InChI is InChI=1S/C9H10FNOS/c1-13-8-4-6(5-10)2-3-7(8)9(11)12/h2-4H,5H2,1H3,(H2,11,12). The maximum atomic E-state index is 12.2. The van der Waals surface area contributed by atoms with E-state index in [1.807, 2.05) is 6.26 Å². The largest absolute Gasteiger partial charge is 0.366 e. The van der Waals surface area contributed by atoms with Crippen LogP contribution in [0.25, 0.3) is 0 Å². The minimum Gasteiger partial charge on any atom is -0.366 e. The van der Waals surface area contributed by atoms with Crippen molar-refractivity contribution in [2.24, 2.45) is 5.73 Å². The average Bonchev–Trinajstić information content (AvgIpc) is 2.16. The third-order valence-electron chi connectivity index (χ3n) is 1.69. The van der Waals surface area contributed by atoms with Crippen molar-refractivity contribution in [1.82, 2.24) is 0 Å². The summed E-state index contributed by atoms with van der Waals surface area (Å²) in [6.07, 6.45) is 1.82. The smallest absolute Gasteiger partial charge is 0.249 e. The number of carbonyl (C=O) groups is 1. The Hall–Kier alpha value is -1.03. The number of halogens is 1. The molecule has 70 valence electrons. The lowest BCUT2D eigenvalue weighted by atomic mass is 10.1. The summed E-state index contributed by atoms with van der Waals surface area (Å²) in [4.78, 5) is 11.6. The van der Waals surface area contributed by atoms with Crippen molar-refractivity contribution in [3.05, 3.63) is 29.3 Å². The maximum Gasteiger partial charge on any atom is 0.249 e. The van der Waals surface area contributed by atoms with E-state index in [0.29, 0.717) is 11.1 Å². The first-order chi connectivity index (χ1) is 6.19. The van der Waals surface area contributed by atoms with Gasteiger partial charge in [-0.2, -0.15) is 0 Å². The lowest BCUT2D eigenvalue weighted by molar-refractivity contribution is 0.0997. The van der Waals surface area contributed by atoms with Gasteiger partial charge in [-0.3, -0.25) is 4.79 Å². The Bertz CT molecular complexity index is 327. The van der Waals surface area contributed by atoms with Crippen LogP contribution >= 0.6 is 11.8 Å². The molecule has 0 aromatic heterocycles. The van der Waals surface area contributed by atoms with Crippen LogP contribution in [0, 0.1) is 0 Å². The van der Waals surface area contributed by atoms with Crippen molar-refractivity contribution >= 4 is 17.7 Å². The number of primary amides is 1. The van der Waals surface area contributed by atoms with Gasteiger partial charge in [0.25, 0.3) is 0 Å². The van der Waals surface area contributed by atoms with Crippen LogP contribution in [0.3, 0.4) is 0 Å². The molecule has 0 aliphatic carbocycles. The van der Waals surface area contributed by atoms with Gasteiger partial charge < -0.3 is 5.73 Å². The molecule has 1 aromatic carbocycles. The highest BCUT2D eigenvalue weighted by Crippen LogP contribution is 2.21. The molecule has 2 nitrogen and oxygen atoms in total. The highest BCUT2D eigenvalue weighted by Gasteiger charge is 2.07. The first kappa shape index (κ1) is 10.1. The normalized spacial score (nSPS) is 10.0. The van der Waals surface area contributed by atoms with Gasteiger partial charge in [-0.25, -0.2) is 4.39 Å². The van der Waals surface area contributed by atoms with E-state index in [1.54, 1.807) is 18.2 Å². The average molecular weight is 199 g/mol. The molecule has 0 atom stereocenters. The predicted octanol–water partition coefficient (Wildman–Crippen LogP) is 1.98. The van der Waals surface area contributed by atoms with E-state index >= 15 is 0 Å². The molecule has 0 bridgehead atoms. The number of carbonyl (C=O) groups excluding carboxylic acids is 1. The number of nitrogens with two attached hydrogens (primary N) is 1. The summed E-state index contributed by atoms with van der Waals surface area (Å²) in [6, 6.07) is 4.77. The van der Waals surface area contributed by atoms with Crippen molar-refractivity contribution in [3.8, 4) is 0 Å². The summed E-state index contributed by atoms with van der Waals surface area (Å²) in [5, 5.41) is 0. The summed E-state index contributed by atoms with van der Waals surface area (Å²) in [5.74, 6) is -0.477. The molecule has 1 aromatic rings. The van der Waals surface area contributed by atoms with Gasteiger partial charge in [0.15, 0.2) is 0 Å². The number of alkyl halides is 1. The van der Waals surface area contributed by atoms with Gasteiger partial charge in [0.1, 0.15) is 6.67 Å². The van der Waals surface area contributed by atoms with Gasteiger partial charge in [0, 0.05) is 4.90 Å². The highest BCUT2D eigenvalue weighted by molar-refractivity contribution is 7.98. The zero-order valence-electron chi connectivity index (χ0n) is 7.21. The number of hydrogen-bond acceptors (Lipinski definition) is 2. The third-order valence-corrected chi connectivity index (χ3v) is 2.46. The Balaban J connectivity index is 3.15. The molecular weight excluding hydrogens is 189 g/mol. The van der Waals surface area contributed by atoms with Gasteiger partial charge >= 0.3 is 0 Å². The molecule has 0 saturated heterocycles. The molecule has 0 unspecified atom stereocenters. The van der Waals surface area contributed by atoms with Crippen molar-refractivity contribution in [1.29, 1.82) is 0 Å². The summed E-state index contributed by atoms with van der Waals surface area (Å²) in [6.45, 7) is -0.521. The van der Waals surface area contributed by atoms with Crippen LogP contribution in [0.2, 0.25) is 0 Å². The molecule has 2 N–H and O–H groups in total. The lowest BCUT2D eigenvalue weighted by Crippen LogP contribution is -2.12. The Morgan fingerprint density at radius 3 is 2.77 bits per heavy atom. The van der Waals surface area contributed by atoms with Crippen LogP contribution in [0.1, 0.15) is 15.9 Å². The molecular formula is C9H10FNOS.